The third-order valence-corrected chi connectivity index (χ3v) is 2.56. The Morgan fingerprint density at radius 2 is 2.40 bits per heavy atom. The summed E-state index contributed by atoms with van der Waals surface area (Å²) >= 11 is 0. The molecule has 0 amide bonds. The highest BCUT2D eigenvalue weighted by Gasteiger charge is 2.21. The first kappa shape index (κ1) is 10.3. The molecule has 3 nitrogen and oxygen atoms in total. The van der Waals surface area contributed by atoms with Gasteiger partial charge in [0.1, 0.15) is 12.7 Å². The zero-order valence-electron chi connectivity index (χ0n) is 9.19. The van der Waals surface area contributed by atoms with Crippen molar-refractivity contribution in [3.63, 3.8) is 0 Å². The Morgan fingerprint density at radius 1 is 1.53 bits per heavy atom. The fourth-order valence-corrected chi connectivity index (χ4v) is 1.58. The summed E-state index contributed by atoms with van der Waals surface area (Å²) in [5, 5.41) is 0. The van der Waals surface area contributed by atoms with Gasteiger partial charge in [0.25, 0.3) is 0 Å². The van der Waals surface area contributed by atoms with Crippen molar-refractivity contribution >= 4 is 0 Å². The summed E-state index contributed by atoms with van der Waals surface area (Å²) in [6.45, 7) is 4.67. The van der Waals surface area contributed by atoms with Gasteiger partial charge in [-0.2, -0.15) is 0 Å². The summed E-state index contributed by atoms with van der Waals surface area (Å²) in [6.07, 6.45) is 0.123. The minimum Gasteiger partial charge on any atom is -0.486 e. The number of likely N-dealkylation sites (N-methyl/N-ethyl adjacent to an activating group) is 1. The molecule has 1 atom stereocenters. The van der Waals surface area contributed by atoms with Gasteiger partial charge in [0.05, 0.1) is 0 Å². The summed E-state index contributed by atoms with van der Waals surface area (Å²) in [5.74, 6) is 1.63. The lowest BCUT2D eigenvalue weighted by Crippen LogP contribution is -2.39. The van der Waals surface area contributed by atoms with E-state index >= 15 is 0 Å². The molecule has 2 rings (SSSR count). The Morgan fingerprint density at radius 3 is 3.20 bits per heavy atom. The van der Waals surface area contributed by atoms with E-state index < -0.39 is 0 Å². The fourth-order valence-electron chi connectivity index (χ4n) is 1.58. The lowest BCUT2D eigenvalue weighted by Gasteiger charge is -2.29. The topological polar surface area (TPSA) is 21.7 Å². The molecule has 0 N–H and O–H groups in total. The van der Waals surface area contributed by atoms with E-state index in [1.54, 1.807) is 0 Å². The van der Waals surface area contributed by atoms with Crippen LogP contribution in [0.5, 0.6) is 11.5 Å². The molecule has 1 aliphatic heterocycles. The lowest BCUT2D eigenvalue weighted by molar-refractivity contribution is 0.0667. The predicted octanol–water partition coefficient (Wildman–Crippen LogP) is 1.58. The van der Waals surface area contributed by atoms with Gasteiger partial charge in [-0.05, 0) is 31.8 Å². The minimum absolute atomic E-state index is 0.123. The fraction of sp³-hybridized carbons (Fsp3) is 0.500. The van der Waals surface area contributed by atoms with Crippen molar-refractivity contribution in [3.05, 3.63) is 24.3 Å². The van der Waals surface area contributed by atoms with E-state index in [1.165, 1.54) is 0 Å². The lowest BCUT2D eigenvalue weighted by atomic mass is 10.2. The van der Waals surface area contributed by atoms with Crippen molar-refractivity contribution in [2.45, 2.75) is 13.0 Å². The Hall–Kier alpha value is -1.22. The summed E-state index contributed by atoms with van der Waals surface area (Å²) in [4.78, 5) is 2.21. The van der Waals surface area contributed by atoms with Crippen LogP contribution in [-0.2, 0) is 0 Å². The van der Waals surface area contributed by atoms with Crippen molar-refractivity contribution in [2.75, 3.05) is 26.7 Å². The van der Waals surface area contributed by atoms with E-state index in [4.69, 9.17) is 9.47 Å². The van der Waals surface area contributed by atoms with Crippen molar-refractivity contribution in [2.24, 2.45) is 0 Å². The SMILES string of the molecule is CCN(C)CC1COc2cc[c]cc2O1. The van der Waals surface area contributed by atoms with Crippen LogP contribution in [0.25, 0.3) is 0 Å². The zero-order valence-corrected chi connectivity index (χ0v) is 9.19. The first-order chi connectivity index (χ1) is 7.29. The number of benzene rings is 1. The second-order valence-electron chi connectivity index (χ2n) is 3.78. The normalized spacial score (nSPS) is 19.3. The number of fused-ring (bicyclic) bond motifs is 1. The molecule has 0 aromatic heterocycles. The molecule has 1 unspecified atom stereocenters. The molecule has 3 heteroatoms. The second-order valence-corrected chi connectivity index (χ2v) is 3.78. The minimum atomic E-state index is 0.123. The van der Waals surface area contributed by atoms with Gasteiger partial charge in [-0.15, -0.1) is 0 Å². The molecular weight excluding hydrogens is 190 g/mol. The molecule has 1 radical (unpaired) electrons. The standard InChI is InChI=1S/C12H16NO2/c1-3-13(2)8-10-9-14-11-6-4-5-7-12(11)15-10/h4,6-7,10H,3,8-9H2,1-2H3. The first-order valence-electron chi connectivity index (χ1n) is 5.27. The van der Waals surface area contributed by atoms with Crippen LogP contribution in [0.1, 0.15) is 6.92 Å². The number of rotatable bonds is 3. The van der Waals surface area contributed by atoms with Gasteiger partial charge in [-0.25, -0.2) is 0 Å². The van der Waals surface area contributed by atoms with Gasteiger partial charge in [-0.3, -0.25) is 0 Å². The van der Waals surface area contributed by atoms with Crippen LogP contribution in [0.2, 0.25) is 0 Å². The predicted molar refractivity (Wildman–Crippen MR) is 58.4 cm³/mol. The van der Waals surface area contributed by atoms with Gasteiger partial charge in [0.15, 0.2) is 11.5 Å². The molecule has 0 bridgehead atoms. The van der Waals surface area contributed by atoms with Gasteiger partial charge in [0.2, 0.25) is 0 Å². The third kappa shape index (κ3) is 2.42. The maximum atomic E-state index is 5.81. The molecule has 81 valence electrons. The highest BCUT2D eigenvalue weighted by Crippen LogP contribution is 2.30. The van der Waals surface area contributed by atoms with E-state index in [9.17, 15) is 0 Å². The first-order valence-corrected chi connectivity index (χ1v) is 5.27. The number of hydrogen-bond acceptors (Lipinski definition) is 3. The van der Waals surface area contributed by atoms with Gasteiger partial charge < -0.3 is 14.4 Å². The van der Waals surface area contributed by atoms with Crippen LogP contribution >= 0.6 is 0 Å². The molecule has 0 fully saturated rings. The van der Waals surface area contributed by atoms with Crippen molar-refractivity contribution in [3.8, 4) is 11.5 Å². The van der Waals surface area contributed by atoms with Crippen molar-refractivity contribution in [1.29, 1.82) is 0 Å². The van der Waals surface area contributed by atoms with Gasteiger partial charge in [-0.1, -0.05) is 13.0 Å². The molecular formula is C12H16NO2. The third-order valence-electron chi connectivity index (χ3n) is 2.56. The number of ether oxygens (including phenoxy) is 2. The molecule has 0 aliphatic carbocycles. The van der Waals surface area contributed by atoms with Crippen LogP contribution < -0.4 is 9.47 Å². The molecule has 1 heterocycles. The Balaban J connectivity index is 1.99. The smallest absolute Gasteiger partial charge is 0.162 e. The van der Waals surface area contributed by atoms with Gasteiger partial charge in [0, 0.05) is 6.54 Å². The van der Waals surface area contributed by atoms with E-state index in [1.807, 2.05) is 18.2 Å². The molecule has 1 aliphatic rings. The average molecular weight is 206 g/mol. The summed E-state index contributed by atoms with van der Waals surface area (Å²) < 4.78 is 11.4. The summed E-state index contributed by atoms with van der Waals surface area (Å²) in [7, 11) is 2.08. The van der Waals surface area contributed by atoms with Crippen LogP contribution in [0.3, 0.4) is 0 Å². The summed E-state index contributed by atoms with van der Waals surface area (Å²) in [5.41, 5.74) is 0. The Labute approximate surface area is 90.6 Å². The molecule has 1 aromatic carbocycles. The monoisotopic (exact) mass is 206 g/mol. The van der Waals surface area contributed by atoms with Crippen molar-refractivity contribution in [1.82, 2.24) is 4.90 Å². The second kappa shape index (κ2) is 4.53. The van der Waals surface area contributed by atoms with Crippen molar-refractivity contribution < 1.29 is 9.47 Å². The van der Waals surface area contributed by atoms with Crippen LogP contribution in [0.4, 0.5) is 0 Å². The highest BCUT2D eigenvalue weighted by atomic mass is 16.6. The Kier molecular flexibility index (Phi) is 3.11. The number of nitrogens with zero attached hydrogens (tertiary/aromatic N) is 1. The van der Waals surface area contributed by atoms with E-state index in [2.05, 4.69) is 24.9 Å². The molecule has 1 aromatic rings. The number of hydrogen-bond donors (Lipinski definition) is 0. The molecule has 0 saturated heterocycles. The quantitative estimate of drug-likeness (QED) is 0.749. The maximum absolute atomic E-state index is 5.81. The highest BCUT2D eigenvalue weighted by molar-refractivity contribution is 5.40. The van der Waals surface area contributed by atoms with Gasteiger partial charge >= 0.3 is 0 Å². The van der Waals surface area contributed by atoms with E-state index in [-0.39, 0.29) is 6.10 Å². The van der Waals surface area contributed by atoms with E-state index in [0.717, 1.165) is 24.6 Å². The Bertz CT molecular complexity index is 327. The molecule has 0 spiro atoms. The zero-order chi connectivity index (χ0) is 10.7. The van der Waals surface area contributed by atoms with Crippen LogP contribution in [-0.4, -0.2) is 37.7 Å². The van der Waals surface area contributed by atoms with Crippen LogP contribution in [0, 0.1) is 6.07 Å². The van der Waals surface area contributed by atoms with E-state index in [0.29, 0.717) is 6.61 Å². The maximum Gasteiger partial charge on any atom is 0.162 e. The molecule has 15 heavy (non-hydrogen) atoms. The van der Waals surface area contributed by atoms with Crippen LogP contribution in [0.15, 0.2) is 18.2 Å². The largest absolute Gasteiger partial charge is 0.486 e. The average Bonchev–Trinajstić information content (AvgIpc) is 2.29. The molecule has 0 saturated carbocycles. The summed E-state index contributed by atoms with van der Waals surface area (Å²) in [6, 6.07) is 8.53.